The van der Waals surface area contributed by atoms with Gasteiger partial charge in [-0.25, -0.2) is 9.69 Å². The first-order valence-electron chi connectivity index (χ1n) is 7.87. The number of hydrogen-bond acceptors (Lipinski definition) is 5. The van der Waals surface area contributed by atoms with E-state index in [0.29, 0.717) is 22.0 Å². The van der Waals surface area contributed by atoms with Gasteiger partial charge in [0.05, 0.1) is 16.8 Å². The van der Waals surface area contributed by atoms with Crippen molar-refractivity contribution in [1.29, 1.82) is 0 Å². The second-order valence-electron chi connectivity index (χ2n) is 5.64. The monoisotopic (exact) mass is 474 g/mol. The first-order valence-corrected chi connectivity index (χ1v) is 8.95. The zero-order valence-corrected chi connectivity index (χ0v) is 16.7. The Morgan fingerprint density at radius 1 is 1.42 bits per heavy atom. The molecule has 2 N–H and O–H groups in total. The smallest absolute Gasteiger partial charge is 0.329 e. The molecule has 0 aliphatic carbocycles. The highest BCUT2D eigenvalue weighted by Gasteiger charge is 2.34. The Hall–Kier alpha value is -2.30. The molecular formula is C17H19IN2O6. The molecule has 0 aromatic heterocycles. The highest BCUT2D eigenvalue weighted by Crippen LogP contribution is 2.35. The molecule has 0 saturated carbocycles. The molecule has 1 heterocycles. The Bertz CT molecular complexity index is 777. The number of carbonyl (C=O) groups excluding carboxylic acids is 2. The lowest BCUT2D eigenvalue weighted by atomic mass is 10.1. The van der Waals surface area contributed by atoms with Crippen molar-refractivity contribution in [3.05, 3.63) is 27.0 Å². The highest BCUT2D eigenvalue weighted by atomic mass is 127. The number of benzene rings is 1. The summed E-state index contributed by atoms with van der Waals surface area (Å²) >= 11 is 2.11. The first kappa shape index (κ1) is 20.0. The lowest BCUT2D eigenvalue weighted by molar-refractivity contribution is -0.140. The molecule has 0 unspecified atom stereocenters. The maximum Gasteiger partial charge on any atom is 0.329 e. The zero-order chi connectivity index (χ0) is 19.4. The van der Waals surface area contributed by atoms with E-state index in [2.05, 4.69) is 27.9 Å². The SMILES string of the molecule is CC[C@H](C)Oc1c(I)cc(/C=C2/NC(=O)N(CC(=O)O)C2=O)cc1OC. The molecule has 1 fully saturated rings. The van der Waals surface area contributed by atoms with Crippen LogP contribution in [0.15, 0.2) is 17.8 Å². The van der Waals surface area contributed by atoms with Gasteiger partial charge >= 0.3 is 12.0 Å². The molecule has 0 bridgehead atoms. The van der Waals surface area contributed by atoms with E-state index in [4.69, 9.17) is 14.6 Å². The van der Waals surface area contributed by atoms with Crippen LogP contribution in [0.5, 0.6) is 11.5 Å². The van der Waals surface area contributed by atoms with E-state index in [1.165, 1.54) is 13.2 Å². The zero-order valence-electron chi connectivity index (χ0n) is 14.5. The third-order valence-electron chi connectivity index (χ3n) is 3.71. The molecule has 1 aromatic rings. The Morgan fingerprint density at radius 3 is 2.69 bits per heavy atom. The third-order valence-corrected chi connectivity index (χ3v) is 4.51. The van der Waals surface area contributed by atoms with Crippen molar-refractivity contribution < 1.29 is 29.0 Å². The second-order valence-corrected chi connectivity index (χ2v) is 6.81. The Kier molecular flexibility index (Phi) is 6.46. The van der Waals surface area contributed by atoms with Gasteiger partial charge in [0.1, 0.15) is 12.2 Å². The summed E-state index contributed by atoms with van der Waals surface area (Å²) in [5.41, 5.74) is 0.619. The van der Waals surface area contributed by atoms with Gasteiger partial charge in [0.2, 0.25) is 0 Å². The minimum Gasteiger partial charge on any atom is -0.493 e. The van der Waals surface area contributed by atoms with Crippen molar-refractivity contribution in [2.24, 2.45) is 0 Å². The number of imide groups is 1. The normalized spacial score (nSPS) is 16.6. The Morgan fingerprint density at radius 2 is 2.12 bits per heavy atom. The topological polar surface area (TPSA) is 105 Å². The number of carbonyl (C=O) groups is 3. The molecule has 2 rings (SSSR count). The maximum absolute atomic E-state index is 12.2. The van der Waals surface area contributed by atoms with Crippen molar-refractivity contribution in [3.63, 3.8) is 0 Å². The van der Waals surface area contributed by atoms with Crippen LogP contribution in [-0.2, 0) is 9.59 Å². The van der Waals surface area contributed by atoms with E-state index >= 15 is 0 Å². The van der Waals surface area contributed by atoms with Crippen LogP contribution in [0.25, 0.3) is 6.08 Å². The molecule has 140 valence electrons. The number of nitrogens with one attached hydrogen (secondary N) is 1. The van der Waals surface area contributed by atoms with E-state index in [0.717, 1.165) is 9.99 Å². The van der Waals surface area contributed by atoms with Gasteiger partial charge in [-0.3, -0.25) is 9.59 Å². The largest absolute Gasteiger partial charge is 0.493 e. The number of halogens is 1. The van der Waals surface area contributed by atoms with Gasteiger partial charge in [0.15, 0.2) is 11.5 Å². The summed E-state index contributed by atoms with van der Waals surface area (Å²) in [5, 5.41) is 11.2. The predicted octanol–water partition coefficient (Wildman–Crippen LogP) is 2.45. The number of carboxylic acid groups (broad SMARTS) is 1. The summed E-state index contributed by atoms with van der Waals surface area (Å²) in [5.74, 6) is -0.842. The summed E-state index contributed by atoms with van der Waals surface area (Å²) < 4.78 is 12.0. The lowest BCUT2D eigenvalue weighted by Crippen LogP contribution is -2.35. The fourth-order valence-electron chi connectivity index (χ4n) is 2.24. The number of hydrogen-bond donors (Lipinski definition) is 2. The molecule has 1 aromatic carbocycles. The third kappa shape index (κ3) is 4.45. The number of methoxy groups -OCH3 is 1. The average Bonchev–Trinajstić information content (AvgIpc) is 2.83. The highest BCUT2D eigenvalue weighted by molar-refractivity contribution is 14.1. The second kappa shape index (κ2) is 8.39. The summed E-state index contributed by atoms with van der Waals surface area (Å²) in [7, 11) is 1.52. The van der Waals surface area contributed by atoms with Gasteiger partial charge in [-0.05, 0) is 59.7 Å². The van der Waals surface area contributed by atoms with Crippen LogP contribution in [0.2, 0.25) is 0 Å². The van der Waals surface area contributed by atoms with Crippen LogP contribution in [-0.4, -0.2) is 47.7 Å². The molecule has 1 aliphatic heterocycles. The van der Waals surface area contributed by atoms with Crippen LogP contribution in [0.1, 0.15) is 25.8 Å². The van der Waals surface area contributed by atoms with Crippen LogP contribution < -0.4 is 14.8 Å². The predicted molar refractivity (Wildman–Crippen MR) is 102 cm³/mol. The number of nitrogens with zero attached hydrogens (tertiary/aromatic N) is 1. The average molecular weight is 474 g/mol. The summed E-state index contributed by atoms with van der Waals surface area (Å²) in [6, 6.07) is 2.71. The van der Waals surface area contributed by atoms with Gasteiger partial charge < -0.3 is 19.9 Å². The Labute approximate surface area is 164 Å². The number of ether oxygens (including phenoxy) is 2. The van der Waals surface area contributed by atoms with Gasteiger partial charge in [-0.15, -0.1) is 0 Å². The maximum atomic E-state index is 12.2. The molecule has 0 radical (unpaired) electrons. The molecule has 1 saturated heterocycles. The van der Waals surface area contributed by atoms with Gasteiger partial charge in [0.25, 0.3) is 5.91 Å². The number of urea groups is 1. The molecule has 8 nitrogen and oxygen atoms in total. The van der Waals surface area contributed by atoms with E-state index in [9.17, 15) is 14.4 Å². The van der Waals surface area contributed by atoms with Gasteiger partial charge in [0, 0.05) is 0 Å². The minimum atomic E-state index is -1.27. The van der Waals surface area contributed by atoms with Crippen molar-refractivity contribution in [1.82, 2.24) is 10.2 Å². The molecule has 1 aliphatic rings. The standard InChI is InChI=1S/C17H19IN2O6/c1-4-9(2)26-15-11(18)5-10(7-13(15)25-3)6-12-16(23)20(8-14(21)22)17(24)19-12/h5-7,9H,4,8H2,1-3H3,(H,19,24)(H,21,22)/b12-6+/t9-/m0/s1. The summed E-state index contributed by atoms with van der Waals surface area (Å²) in [4.78, 5) is 35.4. The number of carboxylic acids is 1. The van der Waals surface area contributed by atoms with E-state index in [-0.39, 0.29) is 11.8 Å². The number of rotatable bonds is 7. The fourth-order valence-corrected chi connectivity index (χ4v) is 2.99. The first-order chi connectivity index (χ1) is 12.3. The van der Waals surface area contributed by atoms with E-state index in [1.807, 2.05) is 13.8 Å². The molecule has 26 heavy (non-hydrogen) atoms. The van der Waals surface area contributed by atoms with Crippen molar-refractivity contribution in [3.8, 4) is 11.5 Å². The number of amides is 3. The fraction of sp³-hybridized carbons (Fsp3) is 0.353. The molecular weight excluding hydrogens is 455 g/mol. The Balaban J connectivity index is 2.33. The van der Waals surface area contributed by atoms with E-state index in [1.54, 1.807) is 12.1 Å². The summed E-state index contributed by atoms with van der Waals surface area (Å²) in [6.07, 6.45) is 2.33. The molecule has 9 heteroatoms. The van der Waals surface area contributed by atoms with Crippen molar-refractivity contribution in [2.45, 2.75) is 26.4 Å². The van der Waals surface area contributed by atoms with Crippen molar-refractivity contribution >= 4 is 46.6 Å². The molecule has 3 amide bonds. The van der Waals surface area contributed by atoms with Crippen LogP contribution in [0.4, 0.5) is 4.79 Å². The van der Waals surface area contributed by atoms with Gasteiger partial charge in [-0.1, -0.05) is 6.92 Å². The van der Waals surface area contributed by atoms with Crippen LogP contribution >= 0.6 is 22.6 Å². The number of aliphatic carboxylic acids is 1. The van der Waals surface area contributed by atoms with Gasteiger partial charge in [-0.2, -0.15) is 0 Å². The lowest BCUT2D eigenvalue weighted by Gasteiger charge is -2.17. The minimum absolute atomic E-state index is 0.00435. The van der Waals surface area contributed by atoms with Crippen LogP contribution in [0.3, 0.4) is 0 Å². The quantitative estimate of drug-likeness (QED) is 0.358. The van der Waals surface area contributed by atoms with Crippen LogP contribution in [0, 0.1) is 3.57 Å². The molecule has 0 spiro atoms. The molecule has 1 atom stereocenters. The van der Waals surface area contributed by atoms with Crippen molar-refractivity contribution in [2.75, 3.05) is 13.7 Å². The van der Waals surface area contributed by atoms with E-state index < -0.39 is 24.5 Å². The summed E-state index contributed by atoms with van der Waals surface area (Å²) in [6.45, 7) is 3.28.